The maximum Gasteiger partial charge on any atom is 0.326 e. The van der Waals surface area contributed by atoms with Gasteiger partial charge in [-0.05, 0) is 16.5 Å². The van der Waals surface area contributed by atoms with Gasteiger partial charge in [-0.2, -0.15) is 0 Å². The molecule has 4 nitrogen and oxygen atoms in total. The Labute approximate surface area is 120 Å². The van der Waals surface area contributed by atoms with Crippen molar-refractivity contribution >= 4 is 27.8 Å². The van der Waals surface area contributed by atoms with Crippen LogP contribution in [0.25, 0.3) is 0 Å². The number of rotatable bonds is 7. The van der Waals surface area contributed by atoms with Gasteiger partial charge in [0.2, 0.25) is 5.91 Å². The summed E-state index contributed by atoms with van der Waals surface area (Å²) in [6.07, 6.45) is 1.03. The highest BCUT2D eigenvalue weighted by Crippen LogP contribution is 2.10. The summed E-state index contributed by atoms with van der Waals surface area (Å²) in [4.78, 5) is 22.7. The Bertz CT molecular complexity index is 459. The smallest absolute Gasteiger partial charge is 0.326 e. The third-order valence-electron chi connectivity index (χ3n) is 2.54. The molecular formula is C14H16BrNO3. The first-order valence-electron chi connectivity index (χ1n) is 5.88. The van der Waals surface area contributed by atoms with E-state index in [-0.39, 0.29) is 18.7 Å². The summed E-state index contributed by atoms with van der Waals surface area (Å²) >= 11 is 3.10. The summed E-state index contributed by atoms with van der Waals surface area (Å²) < 4.78 is 0.545. The van der Waals surface area contributed by atoms with Crippen molar-refractivity contribution in [3.05, 3.63) is 47.0 Å². The van der Waals surface area contributed by atoms with Gasteiger partial charge in [-0.25, -0.2) is 4.79 Å². The Morgan fingerprint density at radius 3 is 2.47 bits per heavy atom. The van der Waals surface area contributed by atoms with Crippen molar-refractivity contribution in [1.82, 2.24) is 5.32 Å². The van der Waals surface area contributed by atoms with Crippen molar-refractivity contribution in [3.8, 4) is 0 Å². The fourth-order valence-electron chi connectivity index (χ4n) is 1.59. The molecule has 1 amide bonds. The third kappa shape index (κ3) is 6.20. The summed E-state index contributed by atoms with van der Waals surface area (Å²) in [5.41, 5.74) is 1.05. The molecule has 0 aliphatic rings. The molecule has 0 bridgehead atoms. The number of halogens is 1. The van der Waals surface area contributed by atoms with Gasteiger partial charge in [0.25, 0.3) is 0 Å². The normalized spacial score (nSPS) is 11.6. The number of carbonyl (C=O) groups excluding carboxylic acids is 1. The SMILES string of the molecule is C=C(Br)C[C@@H](NC(=O)CCc1ccccc1)C(=O)O. The molecule has 1 rings (SSSR count). The van der Waals surface area contributed by atoms with Crippen LogP contribution >= 0.6 is 15.9 Å². The van der Waals surface area contributed by atoms with E-state index in [0.717, 1.165) is 5.56 Å². The van der Waals surface area contributed by atoms with Crippen molar-refractivity contribution in [3.63, 3.8) is 0 Å². The van der Waals surface area contributed by atoms with Gasteiger partial charge in [0.1, 0.15) is 6.04 Å². The topological polar surface area (TPSA) is 66.4 Å². The highest BCUT2D eigenvalue weighted by molar-refractivity contribution is 9.11. The largest absolute Gasteiger partial charge is 0.480 e. The van der Waals surface area contributed by atoms with E-state index in [1.807, 2.05) is 30.3 Å². The number of carboxylic acids is 1. The molecule has 0 saturated carbocycles. The van der Waals surface area contributed by atoms with Crippen molar-refractivity contribution in [1.29, 1.82) is 0 Å². The average molecular weight is 326 g/mol. The lowest BCUT2D eigenvalue weighted by Gasteiger charge is -2.13. The summed E-state index contributed by atoms with van der Waals surface area (Å²) in [6, 6.07) is 8.65. The second kappa shape index (κ2) is 7.74. The van der Waals surface area contributed by atoms with Gasteiger partial charge in [0, 0.05) is 12.8 Å². The second-order valence-corrected chi connectivity index (χ2v) is 5.29. The summed E-state index contributed by atoms with van der Waals surface area (Å²) in [6.45, 7) is 3.58. The molecule has 0 aromatic heterocycles. The van der Waals surface area contributed by atoms with Crippen molar-refractivity contribution in [2.24, 2.45) is 0 Å². The minimum atomic E-state index is -1.06. The lowest BCUT2D eigenvalue weighted by atomic mass is 10.1. The maximum atomic E-state index is 11.7. The highest BCUT2D eigenvalue weighted by Gasteiger charge is 2.19. The Morgan fingerprint density at radius 2 is 1.95 bits per heavy atom. The van der Waals surface area contributed by atoms with Crippen LogP contribution < -0.4 is 5.32 Å². The van der Waals surface area contributed by atoms with E-state index in [4.69, 9.17) is 5.11 Å². The van der Waals surface area contributed by atoms with Crippen LogP contribution in [-0.4, -0.2) is 23.0 Å². The molecule has 5 heteroatoms. The van der Waals surface area contributed by atoms with E-state index < -0.39 is 12.0 Å². The van der Waals surface area contributed by atoms with Crippen LogP contribution in [0.15, 0.2) is 41.4 Å². The van der Waals surface area contributed by atoms with Gasteiger partial charge >= 0.3 is 5.97 Å². The van der Waals surface area contributed by atoms with Crippen LogP contribution in [0.4, 0.5) is 0 Å². The van der Waals surface area contributed by atoms with Gasteiger partial charge in [-0.3, -0.25) is 4.79 Å². The molecule has 2 N–H and O–H groups in total. The number of aliphatic carboxylic acids is 1. The van der Waals surface area contributed by atoms with E-state index in [0.29, 0.717) is 10.9 Å². The molecule has 0 unspecified atom stereocenters. The zero-order valence-corrected chi connectivity index (χ0v) is 12.0. The zero-order chi connectivity index (χ0) is 14.3. The number of nitrogens with one attached hydrogen (secondary N) is 1. The quantitative estimate of drug-likeness (QED) is 0.809. The monoisotopic (exact) mass is 325 g/mol. The predicted molar refractivity (Wildman–Crippen MR) is 77.0 cm³/mol. The molecule has 0 aliphatic carbocycles. The minimum absolute atomic E-state index is 0.173. The van der Waals surface area contributed by atoms with Crippen LogP contribution in [-0.2, 0) is 16.0 Å². The van der Waals surface area contributed by atoms with Gasteiger partial charge in [-0.1, -0.05) is 52.8 Å². The number of hydrogen-bond acceptors (Lipinski definition) is 2. The molecule has 0 heterocycles. The molecule has 0 radical (unpaired) electrons. The summed E-state index contributed by atoms with van der Waals surface area (Å²) in [7, 11) is 0. The fourth-order valence-corrected chi connectivity index (χ4v) is 1.91. The van der Waals surface area contributed by atoms with Crippen molar-refractivity contribution in [2.75, 3.05) is 0 Å². The Balaban J connectivity index is 2.45. The number of carboxylic acid groups (broad SMARTS) is 1. The molecule has 102 valence electrons. The van der Waals surface area contributed by atoms with Crippen LogP contribution in [0.3, 0.4) is 0 Å². The van der Waals surface area contributed by atoms with E-state index in [2.05, 4.69) is 27.8 Å². The van der Waals surface area contributed by atoms with Crippen LogP contribution in [0, 0.1) is 0 Å². The molecule has 0 fully saturated rings. The molecule has 1 aromatic carbocycles. The van der Waals surface area contributed by atoms with E-state index in [1.165, 1.54) is 0 Å². The average Bonchev–Trinajstić information content (AvgIpc) is 2.36. The number of benzene rings is 1. The highest BCUT2D eigenvalue weighted by atomic mass is 79.9. The molecule has 0 spiro atoms. The number of carbonyl (C=O) groups is 2. The summed E-state index contributed by atoms with van der Waals surface area (Å²) in [5.74, 6) is -1.33. The molecule has 0 saturated heterocycles. The van der Waals surface area contributed by atoms with Crippen molar-refractivity contribution in [2.45, 2.75) is 25.3 Å². The van der Waals surface area contributed by atoms with Crippen LogP contribution in [0.1, 0.15) is 18.4 Å². The lowest BCUT2D eigenvalue weighted by molar-refractivity contribution is -0.141. The van der Waals surface area contributed by atoms with E-state index >= 15 is 0 Å². The Hall–Kier alpha value is -1.62. The molecule has 1 atom stereocenters. The number of hydrogen-bond donors (Lipinski definition) is 2. The standard InChI is InChI=1S/C14H16BrNO3/c1-10(15)9-12(14(18)19)16-13(17)8-7-11-5-3-2-4-6-11/h2-6,12H,1,7-9H2,(H,16,17)(H,18,19)/t12-/m1/s1. The Kier molecular flexibility index (Phi) is 6.29. The van der Waals surface area contributed by atoms with Crippen molar-refractivity contribution < 1.29 is 14.7 Å². The zero-order valence-electron chi connectivity index (χ0n) is 10.4. The van der Waals surface area contributed by atoms with Crippen LogP contribution in [0.5, 0.6) is 0 Å². The number of aryl methyl sites for hydroxylation is 1. The molecule has 19 heavy (non-hydrogen) atoms. The summed E-state index contributed by atoms with van der Waals surface area (Å²) in [5, 5.41) is 11.5. The third-order valence-corrected chi connectivity index (χ3v) is 2.87. The number of amides is 1. The minimum Gasteiger partial charge on any atom is -0.480 e. The van der Waals surface area contributed by atoms with Gasteiger partial charge in [-0.15, -0.1) is 0 Å². The van der Waals surface area contributed by atoms with Crippen LogP contribution in [0.2, 0.25) is 0 Å². The molecular weight excluding hydrogens is 310 g/mol. The van der Waals surface area contributed by atoms with Gasteiger partial charge in [0.05, 0.1) is 0 Å². The fraction of sp³-hybridized carbons (Fsp3) is 0.286. The maximum absolute atomic E-state index is 11.7. The van der Waals surface area contributed by atoms with E-state index in [1.54, 1.807) is 0 Å². The molecule has 0 aliphatic heterocycles. The lowest BCUT2D eigenvalue weighted by Crippen LogP contribution is -2.40. The first kappa shape index (κ1) is 15.4. The van der Waals surface area contributed by atoms with Gasteiger partial charge < -0.3 is 10.4 Å². The second-order valence-electron chi connectivity index (χ2n) is 4.17. The molecule has 1 aromatic rings. The first-order chi connectivity index (χ1) is 8.99. The van der Waals surface area contributed by atoms with E-state index in [9.17, 15) is 9.59 Å². The first-order valence-corrected chi connectivity index (χ1v) is 6.67. The van der Waals surface area contributed by atoms with Gasteiger partial charge in [0.15, 0.2) is 0 Å². The predicted octanol–water partition coefficient (Wildman–Crippen LogP) is 2.49. The Morgan fingerprint density at radius 1 is 1.32 bits per heavy atom.